The summed E-state index contributed by atoms with van der Waals surface area (Å²) >= 11 is 0. The van der Waals surface area contributed by atoms with Crippen molar-refractivity contribution in [2.24, 2.45) is 0 Å². The lowest BCUT2D eigenvalue weighted by molar-refractivity contribution is -0.137. The van der Waals surface area contributed by atoms with Crippen molar-refractivity contribution in [3.05, 3.63) is 36.4 Å². The second-order valence-corrected chi connectivity index (χ2v) is 3.87. The summed E-state index contributed by atoms with van der Waals surface area (Å²) in [5, 5.41) is 8.56. The molecule has 2 heterocycles. The Kier molecular flexibility index (Phi) is 4.02. The third-order valence-electron chi connectivity index (χ3n) is 2.36. The summed E-state index contributed by atoms with van der Waals surface area (Å²) in [4.78, 5) is 22.8. The van der Waals surface area contributed by atoms with Crippen LogP contribution < -0.4 is 4.74 Å². The van der Waals surface area contributed by atoms with Crippen molar-refractivity contribution in [1.82, 2.24) is 15.0 Å². The van der Waals surface area contributed by atoms with Crippen LogP contribution in [0.2, 0.25) is 0 Å². The topological polar surface area (TPSA) is 85.2 Å². The molecular formula is C13H13N3O3. The van der Waals surface area contributed by atoms with E-state index in [4.69, 9.17) is 9.84 Å². The van der Waals surface area contributed by atoms with E-state index in [2.05, 4.69) is 15.0 Å². The molecule has 0 aliphatic carbocycles. The normalized spacial score (nSPS) is 10.2. The zero-order valence-corrected chi connectivity index (χ0v) is 10.4. The molecule has 0 aliphatic heterocycles. The second kappa shape index (κ2) is 5.90. The molecule has 2 aromatic rings. The van der Waals surface area contributed by atoms with E-state index in [1.54, 1.807) is 25.4 Å². The van der Waals surface area contributed by atoms with Gasteiger partial charge in [-0.15, -0.1) is 0 Å². The molecule has 0 radical (unpaired) electrons. The lowest BCUT2D eigenvalue weighted by Crippen LogP contribution is -2.06. The first-order valence-electron chi connectivity index (χ1n) is 5.76. The first-order valence-corrected chi connectivity index (χ1v) is 5.76. The van der Waals surface area contributed by atoms with E-state index in [-0.39, 0.29) is 13.0 Å². The summed E-state index contributed by atoms with van der Waals surface area (Å²) < 4.78 is 5.31. The molecule has 19 heavy (non-hydrogen) atoms. The van der Waals surface area contributed by atoms with E-state index in [0.29, 0.717) is 11.7 Å². The summed E-state index contributed by atoms with van der Waals surface area (Å²) in [7, 11) is 0. The number of carbonyl (C=O) groups is 1. The second-order valence-electron chi connectivity index (χ2n) is 3.87. The Balaban J connectivity index is 2.18. The van der Waals surface area contributed by atoms with Crippen molar-refractivity contribution in [3.63, 3.8) is 0 Å². The van der Waals surface area contributed by atoms with Gasteiger partial charge in [0.05, 0.1) is 12.1 Å². The Labute approximate surface area is 110 Å². The number of aliphatic carboxylic acids is 1. The average Bonchev–Trinajstić information content (AvgIpc) is 2.39. The Morgan fingerprint density at radius 1 is 1.32 bits per heavy atom. The number of nitrogens with zero attached hydrogens (tertiary/aromatic N) is 3. The highest BCUT2D eigenvalue weighted by molar-refractivity contribution is 5.66. The molecule has 0 saturated heterocycles. The SMILES string of the molecule is Cc1nc(OCCC(=O)O)cc(-c2ccncc2)n1. The molecule has 0 fully saturated rings. The van der Waals surface area contributed by atoms with E-state index in [1.165, 1.54) is 0 Å². The zero-order chi connectivity index (χ0) is 13.7. The summed E-state index contributed by atoms with van der Waals surface area (Å²) in [5.74, 6) is 0.0420. The van der Waals surface area contributed by atoms with E-state index in [9.17, 15) is 4.79 Å². The van der Waals surface area contributed by atoms with Crippen molar-refractivity contribution < 1.29 is 14.6 Å². The number of aromatic nitrogens is 3. The average molecular weight is 259 g/mol. The van der Waals surface area contributed by atoms with Gasteiger partial charge < -0.3 is 9.84 Å². The van der Waals surface area contributed by atoms with Crippen LogP contribution in [0.3, 0.4) is 0 Å². The van der Waals surface area contributed by atoms with Gasteiger partial charge in [-0.05, 0) is 19.1 Å². The van der Waals surface area contributed by atoms with Gasteiger partial charge in [-0.3, -0.25) is 9.78 Å². The van der Waals surface area contributed by atoms with Gasteiger partial charge >= 0.3 is 5.97 Å². The monoisotopic (exact) mass is 259 g/mol. The van der Waals surface area contributed by atoms with Gasteiger partial charge in [0.25, 0.3) is 0 Å². The van der Waals surface area contributed by atoms with E-state index < -0.39 is 5.97 Å². The molecule has 0 amide bonds. The van der Waals surface area contributed by atoms with Gasteiger partial charge in [0, 0.05) is 24.0 Å². The fourth-order valence-electron chi connectivity index (χ4n) is 1.53. The van der Waals surface area contributed by atoms with Crippen molar-refractivity contribution >= 4 is 5.97 Å². The van der Waals surface area contributed by atoms with Gasteiger partial charge in [-0.25, -0.2) is 4.98 Å². The highest BCUT2D eigenvalue weighted by atomic mass is 16.5. The molecule has 6 nitrogen and oxygen atoms in total. The summed E-state index contributed by atoms with van der Waals surface area (Å²) in [6.07, 6.45) is 3.29. The molecule has 2 rings (SSSR count). The first kappa shape index (κ1) is 12.9. The fourth-order valence-corrected chi connectivity index (χ4v) is 1.53. The Bertz CT molecular complexity index is 573. The minimum Gasteiger partial charge on any atom is -0.481 e. The number of aryl methyl sites for hydroxylation is 1. The minimum absolute atomic E-state index is 0.0619. The number of pyridine rings is 1. The zero-order valence-electron chi connectivity index (χ0n) is 10.4. The maximum Gasteiger partial charge on any atom is 0.306 e. The number of carboxylic acids is 1. The predicted molar refractivity (Wildman–Crippen MR) is 67.7 cm³/mol. The maximum absolute atomic E-state index is 10.4. The summed E-state index contributed by atoms with van der Waals surface area (Å²) in [6, 6.07) is 5.36. The van der Waals surface area contributed by atoms with Gasteiger partial charge in [0.1, 0.15) is 12.4 Å². The van der Waals surface area contributed by atoms with Gasteiger partial charge in [-0.2, -0.15) is 4.98 Å². The number of hydrogen-bond acceptors (Lipinski definition) is 5. The van der Waals surface area contributed by atoms with E-state index in [0.717, 1.165) is 11.3 Å². The molecule has 6 heteroatoms. The molecule has 0 aromatic carbocycles. The molecular weight excluding hydrogens is 246 g/mol. The number of ether oxygens (including phenoxy) is 1. The van der Waals surface area contributed by atoms with Crippen molar-refractivity contribution in [2.45, 2.75) is 13.3 Å². The Morgan fingerprint density at radius 2 is 2.05 bits per heavy atom. The van der Waals surface area contributed by atoms with Crippen LogP contribution in [0.25, 0.3) is 11.3 Å². The molecule has 0 spiro atoms. The highest BCUT2D eigenvalue weighted by Crippen LogP contribution is 2.20. The van der Waals surface area contributed by atoms with Gasteiger partial charge in [0.15, 0.2) is 0 Å². The van der Waals surface area contributed by atoms with Gasteiger partial charge in [-0.1, -0.05) is 0 Å². The quantitative estimate of drug-likeness (QED) is 0.879. The van der Waals surface area contributed by atoms with Crippen LogP contribution in [0, 0.1) is 6.92 Å². The van der Waals surface area contributed by atoms with Crippen LogP contribution in [0.1, 0.15) is 12.2 Å². The third-order valence-corrected chi connectivity index (χ3v) is 2.36. The standard InChI is InChI=1S/C13H13N3O3/c1-9-15-11(10-2-5-14-6-3-10)8-12(16-9)19-7-4-13(17)18/h2-3,5-6,8H,4,7H2,1H3,(H,17,18). The molecule has 0 atom stereocenters. The summed E-state index contributed by atoms with van der Waals surface area (Å²) in [6.45, 7) is 1.84. The Morgan fingerprint density at radius 3 is 2.74 bits per heavy atom. The van der Waals surface area contributed by atoms with Gasteiger partial charge in [0.2, 0.25) is 5.88 Å². The molecule has 0 aliphatic rings. The van der Waals surface area contributed by atoms with Crippen LogP contribution >= 0.6 is 0 Å². The van der Waals surface area contributed by atoms with Crippen LogP contribution in [0.15, 0.2) is 30.6 Å². The van der Waals surface area contributed by atoms with E-state index in [1.807, 2.05) is 12.1 Å². The van der Waals surface area contributed by atoms with Crippen molar-refractivity contribution in [1.29, 1.82) is 0 Å². The molecule has 98 valence electrons. The molecule has 0 saturated carbocycles. The minimum atomic E-state index is -0.903. The smallest absolute Gasteiger partial charge is 0.306 e. The highest BCUT2D eigenvalue weighted by Gasteiger charge is 2.06. The molecule has 1 N–H and O–H groups in total. The van der Waals surface area contributed by atoms with Crippen LogP contribution in [-0.2, 0) is 4.79 Å². The third kappa shape index (κ3) is 3.74. The molecule has 0 bridgehead atoms. The van der Waals surface area contributed by atoms with Crippen LogP contribution in [0.4, 0.5) is 0 Å². The largest absolute Gasteiger partial charge is 0.481 e. The molecule has 2 aromatic heterocycles. The predicted octanol–water partition coefficient (Wildman–Crippen LogP) is 1.70. The first-order chi connectivity index (χ1) is 9.15. The van der Waals surface area contributed by atoms with Crippen LogP contribution in [-0.4, -0.2) is 32.6 Å². The number of hydrogen-bond donors (Lipinski definition) is 1. The molecule has 0 unspecified atom stereocenters. The number of carboxylic acid groups (broad SMARTS) is 1. The van der Waals surface area contributed by atoms with Crippen molar-refractivity contribution in [3.8, 4) is 17.1 Å². The van der Waals surface area contributed by atoms with E-state index >= 15 is 0 Å². The lowest BCUT2D eigenvalue weighted by atomic mass is 10.2. The number of rotatable bonds is 5. The van der Waals surface area contributed by atoms with Crippen molar-refractivity contribution in [2.75, 3.05) is 6.61 Å². The maximum atomic E-state index is 10.4. The van der Waals surface area contributed by atoms with Crippen LogP contribution in [0.5, 0.6) is 5.88 Å². The Hall–Kier alpha value is -2.50. The summed E-state index contributed by atoms with van der Waals surface area (Å²) in [5.41, 5.74) is 1.63. The lowest BCUT2D eigenvalue weighted by Gasteiger charge is -2.07. The fraction of sp³-hybridized carbons (Fsp3) is 0.231.